The van der Waals surface area contributed by atoms with Gasteiger partial charge in [-0.05, 0) is 25.0 Å². The average Bonchev–Trinajstić information content (AvgIpc) is 2.60. The Morgan fingerprint density at radius 3 is 2.29 bits per heavy atom. The first-order valence-corrected chi connectivity index (χ1v) is 5.88. The summed E-state index contributed by atoms with van der Waals surface area (Å²) in [6, 6.07) is 7.95. The molecule has 0 aliphatic heterocycles. The van der Waals surface area contributed by atoms with Crippen molar-refractivity contribution in [1.29, 1.82) is 0 Å². The molecular weight excluding hydrogens is 242 g/mol. The molecule has 74 valence electrons. The van der Waals surface area contributed by atoms with Crippen molar-refractivity contribution in [3.63, 3.8) is 0 Å². The Labute approximate surface area is 91.2 Å². The number of hydrogen-bond acceptors (Lipinski definition) is 2. The third kappa shape index (κ3) is 2.12. The van der Waals surface area contributed by atoms with Crippen molar-refractivity contribution in [2.75, 3.05) is 5.33 Å². The number of rotatable bonds is 4. The molecule has 0 saturated carbocycles. The van der Waals surface area contributed by atoms with Crippen LogP contribution in [0.4, 0.5) is 0 Å². The molecule has 14 heavy (non-hydrogen) atoms. The first-order chi connectivity index (χ1) is 6.90. The SMILES string of the molecule is BrCCCCn1nc2ccccc2n1. The monoisotopic (exact) mass is 253 g/mol. The second kappa shape index (κ2) is 4.55. The van der Waals surface area contributed by atoms with E-state index in [0.29, 0.717) is 0 Å². The fourth-order valence-corrected chi connectivity index (χ4v) is 1.75. The molecule has 3 nitrogen and oxygen atoms in total. The maximum Gasteiger partial charge on any atom is 0.113 e. The first-order valence-electron chi connectivity index (χ1n) is 4.76. The number of unbranched alkanes of at least 4 members (excludes halogenated alkanes) is 1. The minimum Gasteiger partial charge on any atom is -0.184 e. The minimum absolute atomic E-state index is 0.903. The molecule has 1 aromatic carbocycles. The summed E-state index contributed by atoms with van der Waals surface area (Å²) in [5.41, 5.74) is 1.96. The Hall–Kier alpha value is -0.900. The van der Waals surface area contributed by atoms with Crippen LogP contribution in [0.25, 0.3) is 11.0 Å². The smallest absolute Gasteiger partial charge is 0.113 e. The van der Waals surface area contributed by atoms with Crippen molar-refractivity contribution in [1.82, 2.24) is 15.0 Å². The molecule has 0 N–H and O–H groups in total. The summed E-state index contributed by atoms with van der Waals surface area (Å²) in [7, 11) is 0. The fourth-order valence-electron chi connectivity index (χ4n) is 1.35. The van der Waals surface area contributed by atoms with Crippen molar-refractivity contribution < 1.29 is 0 Å². The van der Waals surface area contributed by atoms with Crippen LogP contribution in [0.3, 0.4) is 0 Å². The van der Waals surface area contributed by atoms with Crippen LogP contribution in [0, 0.1) is 0 Å². The van der Waals surface area contributed by atoms with E-state index in [1.54, 1.807) is 4.80 Å². The molecule has 0 spiro atoms. The number of nitrogens with zero attached hydrogens (tertiary/aromatic N) is 3. The summed E-state index contributed by atoms with van der Waals surface area (Å²) < 4.78 is 0. The van der Waals surface area contributed by atoms with Gasteiger partial charge in [0.2, 0.25) is 0 Å². The molecule has 1 heterocycles. The third-order valence-electron chi connectivity index (χ3n) is 2.07. The van der Waals surface area contributed by atoms with Gasteiger partial charge >= 0.3 is 0 Å². The molecule has 0 atom stereocenters. The van der Waals surface area contributed by atoms with Gasteiger partial charge in [-0.2, -0.15) is 15.0 Å². The second-order valence-corrected chi connectivity index (χ2v) is 3.97. The topological polar surface area (TPSA) is 30.7 Å². The Morgan fingerprint density at radius 1 is 1.07 bits per heavy atom. The maximum absolute atomic E-state index is 4.37. The van der Waals surface area contributed by atoms with E-state index in [0.717, 1.165) is 35.7 Å². The highest BCUT2D eigenvalue weighted by atomic mass is 79.9. The van der Waals surface area contributed by atoms with Gasteiger partial charge in [0.25, 0.3) is 0 Å². The lowest BCUT2D eigenvalue weighted by Gasteiger charge is -1.95. The maximum atomic E-state index is 4.37. The molecule has 0 radical (unpaired) electrons. The largest absolute Gasteiger partial charge is 0.184 e. The molecule has 0 bridgehead atoms. The van der Waals surface area contributed by atoms with Gasteiger partial charge in [-0.1, -0.05) is 28.1 Å². The van der Waals surface area contributed by atoms with E-state index in [-0.39, 0.29) is 0 Å². The van der Waals surface area contributed by atoms with E-state index in [4.69, 9.17) is 0 Å². The molecular formula is C10H12BrN3. The fraction of sp³-hybridized carbons (Fsp3) is 0.400. The van der Waals surface area contributed by atoms with Crippen LogP contribution in [0.15, 0.2) is 24.3 Å². The zero-order chi connectivity index (χ0) is 9.80. The number of aromatic nitrogens is 3. The summed E-state index contributed by atoms with van der Waals surface area (Å²) in [6.07, 6.45) is 2.28. The Balaban J connectivity index is 2.11. The second-order valence-electron chi connectivity index (χ2n) is 3.18. The van der Waals surface area contributed by atoms with E-state index in [2.05, 4.69) is 26.1 Å². The molecule has 2 aromatic rings. The summed E-state index contributed by atoms with van der Waals surface area (Å²) in [5, 5.41) is 9.80. The van der Waals surface area contributed by atoms with Gasteiger partial charge in [-0.15, -0.1) is 0 Å². The zero-order valence-corrected chi connectivity index (χ0v) is 9.44. The predicted octanol–water partition coefficient (Wildman–Crippen LogP) is 2.61. The number of aryl methyl sites for hydroxylation is 1. The lowest BCUT2D eigenvalue weighted by Crippen LogP contribution is -2.02. The van der Waals surface area contributed by atoms with Gasteiger partial charge in [0.15, 0.2) is 0 Å². The van der Waals surface area contributed by atoms with Gasteiger partial charge in [-0.3, -0.25) is 0 Å². The summed E-state index contributed by atoms with van der Waals surface area (Å²) in [6.45, 7) is 0.903. The number of hydrogen-bond donors (Lipinski definition) is 0. The molecule has 0 saturated heterocycles. The number of benzene rings is 1. The normalized spacial score (nSPS) is 10.9. The third-order valence-corrected chi connectivity index (χ3v) is 2.63. The van der Waals surface area contributed by atoms with E-state index < -0.39 is 0 Å². The quantitative estimate of drug-likeness (QED) is 0.620. The van der Waals surface area contributed by atoms with Crippen LogP contribution >= 0.6 is 15.9 Å². The van der Waals surface area contributed by atoms with Gasteiger partial charge in [-0.25, -0.2) is 0 Å². The van der Waals surface area contributed by atoms with Crippen molar-refractivity contribution in [3.8, 4) is 0 Å². The van der Waals surface area contributed by atoms with Crippen molar-refractivity contribution >= 4 is 27.0 Å². The number of halogens is 1. The van der Waals surface area contributed by atoms with E-state index >= 15 is 0 Å². The Morgan fingerprint density at radius 2 is 1.71 bits per heavy atom. The van der Waals surface area contributed by atoms with Crippen molar-refractivity contribution in [2.24, 2.45) is 0 Å². The van der Waals surface area contributed by atoms with E-state index in [1.807, 2.05) is 24.3 Å². The van der Waals surface area contributed by atoms with Crippen LogP contribution in [-0.4, -0.2) is 20.3 Å². The molecule has 1 aromatic heterocycles. The highest BCUT2D eigenvalue weighted by Gasteiger charge is 1.99. The summed E-state index contributed by atoms with van der Waals surface area (Å²) >= 11 is 3.41. The van der Waals surface area contributed by atoms with Crippen molar-refractivity contribution in [3.05, 3.63) is 24.3 Å². The Kier molecular flexibility index (Phi) is 3.14. The minimum atomic E-state index is 0.903. The lowest BCUT2D eigenvalue weighted by atomic mass is 10.3. The van der Waals surface area contributed by atoms with Crippen LogP contribution in [0.2, 0.25) is 0 Å². The van der Waals surface area contributed by atoms with Crippen LogP contribution in [0.5, 0.6) is 0 Å². The summed E-state index contributed by atoms with van der Waals surface area (Å²) in [5.74, 6) is 0. The standard InChI is InChI=1S/C10H12BrN3/c11-7-3-4-8-14-12-9-5-1-2-6-10(9)13-14/h1-2,5-6H,3-4,7-8H2. The van der Waals surface area contributed by atoms with Gasteiger partial charge < -0.3 is 0 Å². The molecule has 0 amide bonds. The van der Waals surface area contributed by atoms with Crippen LogP contribution in [0.1, 0.15) is 12.8 Å². The van der Waals surface area contributed by atoms with E-state index in [9.17, 15) is 0 Å². The van der Waals surface area contributed by atoms with E-state index in [1.165, 1.54) is 0 Å². The molecule has 4 heteroatoms. The molecule has 0 aliphatic rings. The lowest BCUT2D eigenvalue weighted by molar-refractivity contribution is 0.516. The van der Waals surface area contributed by atoms with Crippen LogP contribution < -0.4 is 0 Å². The average molecular weight is 254 g/mol. The van der Waals surface area contributed by atoms with Gasteiger partial charge in [0.05, 0.1) is 6.54 Å². The van der Waals surface area contributed by atoms with Gasteiger partial charge in [0, 0.05) is 5.33 Å². The van der Waals surface area contributed by atoms with Crippen molar-refractivity contribution in [2.45, 2.75) is 19.4 Å². The summed E-state index contributed by atoms with van der Waals surface area (Å²) in [4.78, 5) is 1.79. The molecule has 0 fully saturated rings. The predicted molar refractivity (Wildman–Crippen MR) is 60.6 cm³/mol. The molecule has 0 aliphatic carbocycles. The first kappa shape index (κ1) is 9.65. The number of fused-ring (bicyclic) bond motifs is 1. The molecule has 0 unspecified atom stereocenters. The highest BCUT2D eigenvalue weighted by Crippen LogP contribution is 2.07. The van der Waals surface area contributed by atoms with Crippen LogP contribution in [-0.2, 0) is 6.54 Å². The zero-order valence-electron chi connectivity index (χ0n) is 7.86. The Bertz CT molecular complexity index is 377. The van der Waals surface area contributed by atoms with Gasteiger partial charge in [0.1, 0.15) is 11.0 Å². The molecule has 2 rings (SSSR count). The highest BCUT2D eigenvalue weighted by molar-refractivity contribution is 9.09. The number of alkyl halides is 1.